The number of para-hydroxylation sites is 4. The SMILES string of the molecule is c1ccc2c(c1)ccn2Pn1c(-c2cc3ccccc3n2Pn2ccc3ccccc32)cc2ccccc21. The highest BCUT2D eigenvalue weighted by molar-refractivity contribution is 7.35. The molecule has 4 aromatic heterocycles. The average Bonchev–Trinajstić information content (AvgIpc) is 3.74. The summed E-state index contributed by atoms with van der Waals surface area (Å²) in [5, 5.41) is 5.07. The minimum absolute atomic E-state index is 0.416. The van der Waals surface area contributed by atoms with Crippen LogP contribution in [0.3, 0.4) is 0 Å². The Hall–Kier alpha value is -4.10. The Morgan fingerprint density at radius 3 is 1.18 bits per heavy atom. The van der Waals surface area contributed by atoms with Crippen molar-refractivity contribution in [3.05, 3.63) is 134 Å². The van der Waals surface area contributed by atoms with Crippen LogP contribution in [0.5, 0.6) is 0 Å². The van der Waals surface area contributed by atoms with Crippen LogP contribution in [0.1, 0.15) is 0 Å². The van der Waals surface area contributed by atoms with E-state index in [9.17, 15) is 0 Å². The fraction of sp³-hybridized carbons (Fsp3) is 0. The molecule has 4 heterocycles. The third kappa shape index (κ3) is 3.45. The second kappa shape index (κ2) is 8.74. The van der Waals surface area contributed by atoms with Gasteiger partial charge < -0.3 is 17.4 Å². The summed E-state index contributed by atoms with van der Waals surface area (Å²) in [6.45, 7) is 0. The Bertz CT molecular complexity index is 1950. The van der Waals surface area contributed by atoms with Gasteiger partial charge in [-0.05, 0) is 59.3 Å². The molecule has 0 aliphatic heterocycles. The van der Waals surface area contributed by atoms with E-state index in [1.807, 2.05) is 0 Å². The van der Waals surface area contributed by atoms with Crippen molar-refractivity contribution in [3.63, 3.8) is 0 Å². The van der Waals surface area contributed by atoms with Crippen LogP contribution < -0.4 is 0 Å². The van der Waals surface area contributed by atoms with Crippen LogP contribution in [0.2, 0.25) is 0 Å². The summed E-state index contributed by atoms with van der Waals surface area (Å²) in [6, 6.07) is 43.9. The summed E-state index contributed by atoms with van der Waals surface area (Å²) in [5.41, 5.74) is 7.51. The van der Waals surface area contributed by atoms with Gasteiger partial charge in [-0.1, -0.05) is 72.8 Å². The molecule has 182 valence electrons. The average molecular weight is 527 g/mol. The number of aromatic nitrogens is 4. The van der Waals surface area contributed by atoms with Crippen molar-refractivity contribution in [2.45, 2.75) is 0 Å². The van der Waals surface area contributed by atoms with E-state index in [0.29, 0.717) is 17.8 Å². The number of hydrogen-bond acceptors (Lipinski definition) is 0. The molecule has 0 aliphatic rings. The largest absolute Gasteiger partial charge is 0.311 e. The van der Waals surface area contributed by atoms with Gasteiger partial charge >= 0.3 is 0 Å². The van der Waals surface area contributed by atoms with Crippen molar-refractivity contribution in [2.75, 3.05) is 0 Å². The molecule has 8 rings (SSSR count). The molecule has 0 bridgehead atoms. The monoisotopic (exact) mass is 526 g/mol. The van der Waals surface area contributed by atoms with Crippen molar-refractivity contribution >= 4 is 61.4 Å². The highest BCUT2D eigenvalue weighted by Gasteiger charge is 2.18. The van der Waals surface area contributed by atoms with Crippen molar-refractivity contribution in [1.82, 2.24) is 17.4 Å². The van der Waals surface area contributed by atoms with Crippen molar-refractivity contribution in [2.24, 2.45) is 0 Å². The van der Waals surface area contributed by atoms with Gasteiger partial charge in [-0.15, -0.1) is 0 Å². The summed E-state index contributed by atoms with van der Waals surface area (Å²) in [4.78, 5) is 0. The molecule has 2 atom stereocenters. The lowest BCUT2D eigenvalue weighted by atomic mass is 10.2. The zero-order chi connectivity index (χ0) is 25.1. The predicted molar refractivity (Wildman–Crippen MR) is 165 cm³/mol. The molecule has 6 heteroatoms. The van der Waals surface area contributed by atoms with Crippen molar-refractivity contribution < 1.29 is 0 Å². The van der Waals surface area contributed by atoms with Gasteiger partial charge in [0.15, 0.2) is 0 Å². The first-order valence-corrected chi connectivity index (χ1v) is 14.5. The van der Waals surface area contributed by atoms with Crippen LogP contribution in [-0.4, -0.2) is 17.4 Å². The molecule has 8 aromatic rings. The maximum absolute atomic E-state index is 2.49. The first-order chi connectivity index (χ1) is 18.8. The number of hydrogen-bond donors (Lipinski definition) is 0. The second-order valence-corrected chi connectivity index (χ2v) is 11.8. The standard InChI is InChI=1S/C32H24N4P2/c1-5-13-27-23(9-1)17-19-33(27)37-35-29-15-7-3-11-25(29)21-31(35)32-22-26-12-4-8-16-30(26)36(32)38-34-20-18-24-10-2-6-14-28(24)34/h1-22,37-38H. The van der Waals surface area contributed by atoms with Gasteiger partial charge in [0, 0.05) is 23.2 Å². The van der Waals surface area contributed by atoms with E-state index in [4.69, 9.17) is 0 Å². The molecule has 0 fully saturated rings. The van der Waals surface area contributed by atoms with Gasteiger partial charge in [-0.2, -0.15) is 0 Å². The third-order valence-corrected chi connectivity index (χ3v) is 9.87. The summed E-state index contributed by atoms with van der Waals surface area (Å²) in [7, 11) is 0.831. The fourth-order valence-corrected chi connectivity index (χ4v) is 7.99. The van der Waals surface area contributed by atoms with E-state index in [1.165, 1.54) is 55.0 Å². The van der Waals surface area contributed by atoms with E-state index in [2.05, 4.69) is 151 Å². The van der Waals surface area contributed by atoms with Crippen molar-refractivity contribution in [3.8, 4) is 11.4 Å². The van der Waals surface area contributed by atoms with Gasteiger partial charge in [0.1, 0.15) is 0 Å². The van der Waals surface area contributed by atoms with E-state index in [1.54, 1.807) is 0 Å². The Morgan fingerprint density at radius 2 is 0.737 bits per heavy atom. The highest BCUT2D eigenvalue weighted by atomic mass is 31.1. The zero-order valence-corrected chi connectivity index (χ0v) is 22.5. The minimum Gasteiger partial charge on any atom is -0.311 e. The van der Waals surface area contributed by atoms with Crippen LogP contribution in [0.25, 0.3) is 55.0 Å². The van der Waals surface area contributed by atoms with E-state index < -0.39 is 0 Å². The second-order valence-electron chi connectivity index (χ2n) is 9.54. The normalized spacial score (nSPS) is 12.5. The minimum atomic E-state index is 0.416. The van der Waals surface area contributed by atoms with Gasteiger partial charge in [0.05, 0.1) is 51.2 Å². The highest BCUT2D eigenvalue weighted by Crippen LogP contribution is 2.42. The third-order valence-electron chi connectivity index (χ3n) is 7.30. The van der Waals surface area contributed by atoms with E-state index >= 15 is 0 Å². The summed E-state index contributed by atoms with van der Waals surface area (Å²) < 4.78 is 9.73. The first-order valence-electron chi connectivity index (χ1n) is 12.7. The Morgan fingerprint density at radius 1 is 0.368 bits per heavy atom. The molecule has 0 N–H and O–H groups in total. The lowest BCUT2D eigenvalue weighted by molar-refractivity contribution is 1.19. The summed E-state index contributed by atoms with van der Waals surface area (Å²) in [6.07, 6.45) is 4.43. The van der Waals surface area contributed by atoms with E-state index in [0.717, 1.165) is 0 Å². The summed E-state index contributed by atoms with van der Waals surface area (Å²) >= 11 is 0. The maximum Gasteiger partial charge on any atom is 0.0890 e. The molecular formula is C32H24N4P2. The number of fused-ring (bicyclic) bond motifs is 4. The van der Waals surface area contributed by atoms with Gasteiger partial charge in [0.2, 0.25) is 0 Å². The van der Waals surface area contributed by atoms with Gasteiger partial charge in [-0.3, -0.25) is 0 Å². The lowest BCUT2D eigenvalue weighted by Gasteiger charge is -2.16. The quantitative estimate of drug-likeness (QED) is 0.200. The number of benzene rings is 4. The molecule has 4 nitrogen and oxygen atoms in total. The molecule has 0 spiro atoms. The van der Waals surface area contributed by atoms with E-state index in [-0.39, 0.29) is 0 Å². The maximum atomic E-state index is 2.49. The predicted octanol–water partition coefficient (Wildman–Crippen LogP) is 8.98. The van der Waals surface area contributed by atoms with Gasteiger partial charge in [-0.25, -0.2) is 0 Å². The Balaban J connectivity index is 1.35. The van der Waals surface area contributed by atoms with Gasteiger partial charge in [0.25, 0.3) is 0 Å². The molecule has 0 saturated heterocycles. The van der Waals surface area contributed by atoms with Crippen molar-refractivity contribution in [1.29, 1.82) is 0 Å². The molecule has 0 radical (unpaired) electrons. The van der Waals surface area contributed by atoms with Crippen LogP contribution in [0.4, 0.5) is 0 Å². The molecular weight excluding hydrogens is 502 g/mol. The summed E-state index contributed by atoms with van der Waals surface area (Å²) in [5.74, 6) is 0. The molecule has 2 unspecified atom stereocenters. The lowest BCUT2D eigenvalue weighted by Crippen LogP contribution is -1.98. The molecule has 0 saturated carbocycles. The molecule has 0 aliphatic carbocycles. The van der Waals surface area contributed by atoms with Crippen LogP contribution >= 0.6 is 17.8 Å². The van der Waals surface area contributed by atoms with Crippen LogP contribution in [0.15, 0.2) is 134 Å². The fourth-order valence-electron chi connectivity index (χ4n) is 5.46. The first kappa shape index (κ1) is 21.9. The molecule has 4 aromatic carbocycles. The van der Waals surface area contributed by atoms with Crippen LogP contribution in [0, 0.1) is 0 Å². The molecule has 0 amide bonds. The number of rotatable bonds is 5. The zero-order valence-electron chi connectivity index (χ0n) is 20.5. The number of nitrogens with zero attached hydrogens (tertiary/aromatic N) is 4. The van der Waals surface area contributed by atoms with Crippen LogP contribution in [-0.2, 0) is 0 Å². The molecule has 38 heavy (non-hydrogen) atoms. The Labute approximate surface area is 223 Å². The smallest absolute Gasteiger partial charge is 0.0890 e. The Kier molecular flexibility index (Phi) is 5.04. The topological polar surface area (TPSA) is 19.7 Å².